The van der Waals surface area contributed by atoms with Crippen LogP contribution in [0.1, 0.15) is 42.8 Å². The first-order chi connectivity index (χ1) is 11.8. The van der Waals surface area contributed by atoms with Gasteiger partial charge in [0, 0.05) is 12.7 Å². The van der Waals surface area contributed by atoms with E-state index in [9.17, 15) is 14.7 Å². The lowest BCUT2D eigenvalue weighted by Crippen LogP contribution is -2.42. The molecule has 2 N–H and O–H groups in total. The molecule has 3 heterocycles. The summed E-state index contributed by atoms with van der Waals surface area (Å²) < 4.78 is 8.70. The van der Waals surface area contributed by atoms with Gasteiger partial charge >= 0.3 is 0 Å². The minimum Gasteiger partial charge on any atom is -0.501 e. The van der Waals surface area contributed by atoms with E-state index in [-0.39, 0.29) is 18.8 Å². The average molecular weight is 347 g/mol. The number of amides is 1. The van der Waals surface area contributed by atoms with Crippen molar-refractivity contribution < 1.29 is 14.6 Å². The number of aryl methyl sites for hydroxylation is 1. The highest BCUT2D eigenvalue weighted by atomic mass is 16.5. The molecular formula is C16H21N5O4. The van der Waals surface area contributed by atoms with Crippen LogP contribution in [-0.4, -0.2) is 37.0 Å². The highest BCUT2D eigenvalue weighted by molar-refractivity contribution is 5.94. The van der Waals surface area contributed by atoms with Crippen LogP contribution in [-0.2, 0) is 30.0 Å². The van der Waals surface area contributed by atoms with Crippen molar-refractivity contribution in [1.82, 2.24) is 24.6 Å². The molecule has 25 heavy (non-hydrogen) atoms. The van der Waals surface area contributed by atoms with Crippen LogP contribution in [0.2, 0.25) is 0 Å². The number of rotatable bonds is 4. The van der Waals surface area contributed by atoms with E-state index in [1.54, 1.807) is 24.6 Å². The Morgan fingerprint density at radius 1 is 1.48 bits per heavy atom. The first kappa shape index (κ1) is 17.2. The summed E-state index contributed by atoms with van der Waals surface area (Å²) in [4.78, 5) is 29.0. The number of carbonyl (C=O) groups is 1. The minimum absolute atomic E-state index is 0.172. The fraction of sp³-hybridized carbons (Fsp3) is 0.500. The Bertz CT molecular complexity index is 868. The Hall–Kier alpha value is -2.68. The van der Waals surface area contributed by atoms with Crippen LogP contribution < -0.4 is 10.9 Å². The summed E-state index contributed by atoms with van der Waals surface area (Å²) in [7, 11) is 0. The lowest BCUT2D eigenvalue weighted by atomic mass is 10.1. The zero-order chi connectivity index (χ0) is 18.2. The highest BCUT2D eigenvalue weighted by Crippen LogP contribution is 2.27. The normalized spacial score (nSPS) is 15.6. The molecule has 3 rings (SSSR count). The maximum Gasteiger partial charge on any atom is 0.296 e. The largest absolute Gasteiger partial charge is 0.501 e. The van der Waals surface area contributed by atoms with Gasteiger partial charge in [0.25, 0.3) is 11.5 Å². The molecule has 0 radical (unpaired) electrons. The van der Waals surface area contributed by atoms with E-state index >= 15 is 0 Å². The van der Waals surface area contributed by atoms with Crippen LogP contribution in [0.4, 0.5) is 0 Å². The van der Waals surface area contributed by atoms with Gasteiger partial charge in [-0.2, -0.15) is 5.10 Å². The van der Waals surface area contributed by atoms with Gasteiger partial charge in [-0.25, -0.2) is 4.98 Å². The van der Waals surface area contributed by atoms with Crippen molar-refractivity contribution in [1.29, 1.82) is 0 Å². The maximum atomic E-state index is 12.4. The second-order valence-electron chi connectivity index (χ2n) is 6.29. The fourth-order valence-electron chi connectivity index (χ4n) is 2.76. The number of fused-ring (bicyclic) bond motifs is 1. The summed E-state index contributed by atoms with van der Waals surface area (Å²) in [6.45, 7) is 7.02. The molecular weight excluding hydrogens is 326 g/mol. The lowest BCUT2D eigenvalue weighted by Gasteiger charge is -2.32. The second-order valence-corrected chi connectivity index (χ2v) is 6.29. The smallest absolute Gasteiger partial charge is 0.296 e. The molecule has 0 bridgehead atoms. The van der Waals surface area contributed by atoms with E-state index in [2.05, 4.69) is 15.4 Å². The van der Waals surface area contributed by atoms with Gasteiger partial charge in [0.05, 0.1) is 25.4 Å². The van der Waals surface area contributed by atoms with Gasteiger partial charge in [-0.15, -0.1) is 0 Å². The fourth-order valence-corrected chi connectivity index (χ4v) is 2.76. The van der Waals surface area contributed by atoms with Gasteiger partial charge in [0.2, 0.25) is 5.75 Å². The third-order valence-electron chi connectivity index (χ3n) is 4.13. The number of aromatic nitrogens is 4. The van der Waals surface area contributed by atoms with Gasteiger partial charge in [-0.1, -0.05) is 0 Å². The number of ether oxygens (including phenoxy) is 1. The van der Waals surface area contributed by atoms with Crippen LogP contribution in [0.5, 0.6) is 5.75 Å². The van der Waals surface area contributed by atoms with E-state index in [1.165, 1.54) is 4.57 Å². The van der Waals surface area contributed by atoms with Crippen molar-refractivity contribution in [2.75, 3.05) is 6.61 Å². The van der Waals surface area contributed by atoms with Crippen molar-refractivity contribution in [2.45, 2.75) is 46.0 Å². The van der Waals surface area contributed by atoms with E-state index in [1.807, 2.05) is 13.1 Å². The average Bonchev–Trinajstić information content (AvgIpc) is 3.04. The third-order valence-corrected chi connectivity index (χ3v) is 4.13. The van der Waals surface area contributed by atoms with E-state index in [4.69, 9.17) is 4.74 Å². The first-order valence-corrected chi connectivity index (χ1v) is 8.12. The number of nitrogens with one attached hydrogen (secondary N) is 1. The van der Waals surface area contributed by atoms with Crippen LogP contribution in [0.25, 0.3) is 0 Å². The molecule has 0 aromatic carbocycles. The quantitative estimate of drug-likeness (QED) is 0.826. The summed E-state index contributed by atoms with van der Waals surface area (Å²) in [5, 5.41) is 17.0. The summed E-state index contributed by atoms with van der Waals surface area (Å²) in [6, 6.07) is 1.79. The summed E-state index contributed by atoms with van der Waals surface area (Å²) in [5.74, 6) is -0.967. The molecule has 0 fully saturated rings. The summed E-state index contributed by atoms with van der Waals surface area (Å²) in [5.41, 5.74) is -1.08. The van der Waals surface area contributed by atoms with Crippen LogP contribution >= 0.6 is 0 Å². The molecule has 9 nitrogen and oxygen atoms in total. The number of hydrogen-bond donors (Lipinski definition) is 2. The molecule has 1 aliphatic heterocycles. The van der Waals surface area contributed by atoms with Crippen molar-refractivity contribution in [3.05, 3.63) is 39.8 Å². The van der Waals surface area contributed by atoms with Gasteiger partial charge in [-0.05, 0) is 26.8 Å². The van der Waals surface area contributed by atoms with Gasteiger partial charge < -0.3 is 15.2 Å². The molecule has 0 spiro atoms. The number of aromatic hydroxyl groups is 1. The molecule has 2 aromatic rings. The zero-order valence-corrected chi connectivity index (χ0v) is 14.4. The molecule has 2 aromatic heterocycles. The van der Waals surface area contributed by atoms with Crippen molar-refractivity contribution in [3.63, 3.8) is 0 Å². The van der Waals surface area contributed by atoms with Gasteiger partial charge in [0.1, 0.15) is 11.4 Å². The molecule has 0 saturated carbocycles. The standard InChI is InChI=1S/C16H21N5O4/c1-4-20-6-5-10(19-20)9-17-13(23)11-12(22)14(24)21-7-8-25-16(2,3)15(21)18-11/h5-6,22H,4,7-9H2,1-3H3,(H,17,23). The first-order valence-electron chi connectivity index (χ1n) is 8.12. The molecule has 1 aliphatic rings. The molecule has 0 aliphatic carbocycles. The second kappa shape index (κ2) is 6.32. The third kappa shape index (κ3) is 3.14. The Balaban J connectivity index is 1.87. The predicted octanol–water partition coefficient (Wildman–Crippen LogP) is 0.361. The Morgan fingerprint density at radius 3 is 2.92 bits per heavy atom. The van der Waals surface area contributed by atoms with E-state index < -0.39 is 22.8 Å². The number of carbonyl (C=O) groups excluding carboxylic acids is 1. The summed E-state index contributed by atoms with van der Waals surface area (Å²) in [6.07, 6.45) is 1.81. The minimum atomic E-state index is -0.819. The zero-order valence-electron chi connectivity index (χ0n) is 14.4. The van der Waals surface area contributed by atoms with Gasteiger partial charge in [-0.3, -0.25) is 18.8 Å². The van der Waals surface area contributed by atoms with Crippen molar-refractivity contribution in [2.24, 2.45) is 0 Å². The molecule has 1 amide bonds. The Labute approximate surface area is 144 Å². The molecule has 9 heteroatoms. The van der Waals surface area contributed by atoms with Crippen LogP contribution in [0.15, 0.2) is 17.1 Å². The molecule has 134 valence electrons. The molecule has 0 saturated heterocycles. The lowest BCUT2D eigenvalue weighted by molar-refractivity contribution is -0.0566. The van der Waals surface area contributed by atoms with Crippen molar-refractivity contribution >= 4 is 5.91 Å². The van der Waals surface area contributed by atoms with Crippen LogP contribution in [0.3, 0.4) is 0 Å². The number of nitrogens with zero attached hydrogens (tertiary/aromatic N) is 4. The summed E-state index contributed by atoms with van der Waals surface area (Å²) >= 11 is 0. The van der Waals surface area contributed by atoms with Gasteiger partial charge in [0.15, 0.2) is 5.69 Å². The van der Waals surface area contributed by atoms with Crippen molar-refractivity contribution in [3.8, 4) is 5.75 Å². The van der Waals surface area contributed by atoms with Crippen LogP contribution in [0, 0.1) is 0 Å². The molecule has 0 atom stereocenters. The van der Waals surface area contributed by atoms with E-state index in [0.717, 1.165) is 6.54 Å². The predicted molar refractivity (Wildman–Crippen MR) is 88.2 cm³/mol. The maximum absolute atomic E-state index is 12.4. The molecule has 0 unspecified atom stereocenters. The highest BCUT2D eigenvalue weighted by Gasteiger charge is 2.34. The van der Waals surface area contributed by atoms with E-state index in [0.29, 0.717) is 18.1 Å². The Morgan fingerprint density at radius 2 is 2.24 bits per heavy atom. The Kier molecular flexibility index (Phi) is 4.34. The monoisotopic (exact) mass is 347 g/mol. The SMILES string of the molecule is CCn1ccc(CNC(=O)c2nc3n(c(=O)c2O)CCOC3(C)C)n1. The topological polar surface area (TPSA) is 111 Å². The number of hydrogen-bond acceptors (Lipinski definition) is 6.